The van der Waals surface area contributed by atoms with Gasteiger partial charge in [-0.25, -0.2) is 15.8 Å². The summed E-state index contributed by atoms with van der Waals surface area (Å²) in [5.41, 5.74) is 3.82. The molecule has 114 valence electrons. The zero-order valence-corrected chi connectivity index (χ0v) is 13.3. The maximum absolute atomic E-state index is 5.60. The van der Waals surface area contributed by atoms with E-state index in [4.69, 9.17) is 5.84 Å². The lowest BCUT2D eigenvalue weighted by Gasteiger charge is -2.27. The molecule has 5 heteroatoms. The van der Waals surface area contributed by atoms with Gasteiger partial charge in [-0.2, -0.15) is 0 Å². The van der Waals surface area contributed by atoms with Gasteiger partial charge in [0.05, 0.1) is 0 Å². The molecule has 0 aliphatic heterocycles. The number of rotatable bonds is 9. The van der Waals surface area contributed by atoms with E-state index >= 15 is 0 Å². The quantitative estimate of drug-likeness (QED) is 0.536. The van der Waals surface area contributed by atoms with E-state index < -0.39 is 0 Å². The zero-order valence-electron chi connectivity index (χ0n) is 13.3. The van der Waals surface area contributed by atoms with E-state index in [0.717, 1.165) is 30.3 Å². The van der Waals surface area contributed by atoms with Gasteiger partial charge in [-0.1, -0.05) is 40.5 Å². The third-order valence-electron chi connectivity index (χ3n) is 3.44. The van der Waals surface area contributed by atoms with Crippen LogP contribution in [0.1, 0.15) is 64.9 Å². The number of unbranched alkanes of at least 4 members (excludes halogenated alkanes) is 2. The molecular formula is C15H29N5. The Hall–Kier alpha value is -1.36. The molecule has 0 bridgehead atoms. The van der Waals surface area contributed by atoms with Crippen molar-refractivity contribution < 1.29 is 0 Å². The molecule has 1 heterocycles. The Morgan fingerprint density at radius 1 is 1.15 bits per heavy atom. The van der Waals surface area contributed by atoms with Gasteiger partial charge in [0.2, 0.25) is 0 Å². The minimum Gasteiger partial charge on any atom is -0.356 e. The number of nitrogen functional groups attached to an aromatic ring is 1. The minimum atomic E-state index is 0.336. The molecule has 0 aliphatic rings. The summed E-state index contributed by atoms with van der Waals surface area (Å²) in [4.78, 5) is 11.2. The van der Waals surface area contributed by atoms with E-state index in [-0.39, 0.29) is 0 Å². The van der Waals surface area contributed by atoms with Crippen LogP contribution in [0.15, 0.2) is 6.33 Å². The van der Waals surface area contributed by atoms with E-state index in [1.165, 1.54) is 25.7 Å². The lowest BCUT2D eigenvalue weighted by atomic mass is 10.0. The van der Waals surface area contributed by atoms with Crippen molar-refractivity contribution in [3.63, 3.8) is 0 Å². The Morgan fingerprint density at radius 3 is 2.20 bits per heavy atom. The van der Waals surface area contributed by atoms with Crippen molar-refractivity contribution in [1.82, 2.24) is 9.97 Å². The lowest BCUT2D eigenvalue weighted by Crippen LogP contribution is -2.29. The predicted molar refractivity (Wildman–Crippen MR) is 86.0 cm³/mol. The number of nitrogens with one attached hydrogen (secondary N) is 1. The summed E-state index contributed by atoms with van der Waals surface area (Å²) < 4.78 is 0. The van der Waals surface area contributed by atoms with Crippen LogP contribution in [0.4, 0.5) is 11.6 Å². The van der Waals surface area contributed by atoms with Gasteiger partial charge in [-0.05, 0) is 18.8 Å². The molecule has 0 saturated heterocycles. The van der Waals surface area contributed by atoms with Crippen LogP contribution < -0.4 is 16.2 Å². The third kappa shape index (κ3) is 4.34. The van der Waals surface area contributed by atoms with Crippen molar-refractivity contribution in [1.29, 1.82) is 0 Å². The standard InChI is InChI=1S/C15H29N5/c1-5-7-9-20(10-8-6-2)15-13(12(3)4)14(19-16)17-11-18-15/h11-12H,5-10,16H2,1-4H3,(H,17,18,19). The number of hydrogen-bond acceptors (Lipinski definition) is 5. The fourth-order valence-electron chi connectivity index (χ4n) is 2.31. The minimum absolute atomic E-state index is 0.336. The van der Waals surface area contributed by atoms with Crippen LogP contribution in [0, 0.1) is 0 Å². The number of nitrogens with two attached hydrogens (primary N) is 1. The topological polar surface area (TPSA) is 67.1 Å². The van der Waals surface area contributed by atoms with Crippen LogP contribution in [0.5, 0.6) is 0 Å². The molecule has 0 amide bonds. The fourth-order valence-corrected chi connectivity index (χ4v) is 2.31. The summed E-state index contributed by atoms with van der Waals surface area (Å²) in [6.07, 6.45) is 6.33. The van der Waals surface area contributed by atoms with Gasteiger partial charge >= 0.3 is 0 Å². The van der Waals surface area contributed by atoms with Gasteiger partial charge in [0.1, 0.15) is 18.0 Å². The first-order chi connectivity index (χ1) is 9.65. The zero-order chi connectivity index (χ0) is 15.0. The number of hydrazine groups is 1. The molecule has 0 radical (unpaired) electrons. The second-order valence-corrected chi connectivity index (χ2v) is 5.45. The normalized spacial score (nSPS) is 10.9. The number of anilines is 2. The largest absolute Gasteiger partial charge is 0.356 e. The molecular weight excluding hydrogens is 250 g/mol. The molecule has 0 saturated carbocycles. The van der Waals surface area contributed by atoms with Crippen LogP contribution in [0.25, 0.3) is 0 Å². The monoisotopic (exact) mass is 279 g/mol. The molecule has 0 fully saturated rings. The average Bonchev–Trinajstić information content (AvgIpc) is 2.46. The Labute approximate surface area is 123 Å². The summed E-state index contributed by atoms with van der Waals surface area (Å²) in [5, 5.41) is 0. The summed E-state index contributed by atoms with van der Waals surface area (Å²) in [5.74, 6) is 7.71. The molecule has 1 aromatic heterocycles. The molecule has 0 aliphatic carbocycles. The Balaban J connectivity index is 3.09. The molecule has 3 N–H and O–H groups in total. The summed E-state index contributed by atoms with van der Waals surface area (Å²) in [6, 6.07) is 0. The van der Waals surface area contributed by atoms with Gasteiger partial charge < -0.3 is 10.3 Å². The van der Waals surface area contributed by atoms with Gasteiger partial charge in [-0.3, -0.25) is 0 Å². The van der Waals surface area contributed by atoms with Gasteiger partial charge in [0, 0.05) is 18.7 Å². The second-order valence-electron chi connectivity index (χ2n) is 5.45. The van der Waals surface area contributed by atoms with Crippen LogP contribution >= 0.6 is 0 Å². The van der Waals surface area contributed by atoms with Crippen LogP contribution in [0.3, 0.4) is 0 Å². The summed E-state index contributed by atoms with van der Waals surface area (Å²) >= 11 is 0. The molecule has 5 nitrogen and oxygen atoms in total. The maximum atomic E-state index is 5.60. The van der Waals surface area contributed by atoms with E-state index in [1.807, 2.05) is 0 Å². The average molecular weight is 279 g/mol. The summed E-state index contributed by atoms with van der Waals surface area (Å²) in [7, 11) is 0. The number of aromatic nitrogens is 2. The molecule has 0 unspecified atom stereocenters. The van der Waals surface area contributed by atoms with Crippen molar-refractivity contribution in [3.05, 3.63) is 11.9 Å². The highest BCUT2D eigenvalue weighted by Crippen LogP contribution is 2.30. The third-order valence-corrected chi connectivity index (χ3v) is 3.44. The van der Waals surface area contributed by atoms with E-state index in [1.54, 1.807) is 6.33 Å². The smallest absolute Gasteiger partial charge is 0.148 e. The van der Waals surface area contributed by atoms with Crippen molar-refractivity contribution in [3.8, 4) is 0 Å². The van der Waals surface area contributed by atoms with E-state index in [9.17, 15) is 0 Å². The van der Waals surface area contributed by atoms with Gasteiger partial charge in [-0.15, -0.1) is 0 Å². The SMILES string of the molecule is CCCCN(CCCC)c1ncnc(NN)c1C(C)C. The van der Waals surface area contributed by atoms with Crippen molar-refractivity contribution in [2.45, 2.75) is 59.3 Å². The fraction of sp³-hybridized carbons (Fsp3) is 0.733. The number of hydrogen-bond donors (Lipinski definition) is 2. The molecule has 20 heavy (non-hydrogen) atoms. The second kappa shape index (κ2) is 8.74. The first-order valence-corrected chi connectivity index (χ1v) is 7.72. The first kappa shape index (κ1) is 16.7. The molecule has 1 rings (SSSR count). The predicted octanol–water partition coefficient (Wildman–Crippen LogP) is 3.29. The Kier molecular flexibility index (Phi) is 7.30. The molecule has 0 atom stereocenters. The van der Waals surface area contributed by atoms with Crippen LogP contribution in [-0.4, -0.2) is 23.1 Å². The highest BCUT2D eigenvalue weighted by molar-refractivity contribution is 5.59. The summed E-state index contributed by atoms with van der Waals surface area (Å²) in [6.45, 7) is 10.8. The highest BCUT2D eigenvalue weighted by atomic mass is 15.3. The maximum Gasteiger partial charge on any atom is 0.148 e. The van der Waals surface area contributed by atoms with Crippen molar-refractivity contribution in [2.24, 2.45) is 5.84 Å². The lowest BCUT2D eigenvalue weighted by molar-refractivity contribution is 0.663. The van der Waals surface area contributed by atoms with Crippen molar-refractivity contribution >= 4 is 11.6 Å². The Morgan fingerprint density at radius 2 is 1.75 bits per heavy atom. The van der Waals surface area contributed by atoms with Crippen LogP contribution in [0.2, 0.25) is 0 Å². The van der Waals surface area contributed by atoms with Crippen LogP contribution in [-0.2, 0) is 0 Å². The number of nitrogens with zero attached hydrogens (tertiary/aromatic N) is 3. The highest BCUT2D eigenvalue weighted by Gasteiger charge is 2.18. The molecule has 0 aromatic carbocycles. The van der Waals surface area contributed by atoms with E-state index in [0.29, 0.717) is 5.92 Å². The van der Waals surface area contributed by atoms with Gasteiger partial charge in [0.25, 0.3) is 0 Å². The first-order valence-electron chi connectivity index (χ1n) is 7.72. The van der Waals surface area contributed by atoms with Crippen molar-refractivity contribution in [2.75, 3.05) is 23.4 Å². The molecule has 0 spiro atoms. The van der Waals surface area contributed by atoms with Gasteiger partial charge in [0.15, 0.2) is 0 Å². The van der Waals surface area contributed by atoms with E-state index in [2.05, 4.69) is 48.0 Å². The molecule has 1 aromatic rings. The Bertz CT molecular complexity index is 384.